The van der Waals surface area contributed by atoms with Gasteiger partial charge in [-0.25, -0.2) is 8.42 Å². The number of carbonyl (C=O) groups is 1. The number of nitrogens with zero attached hydrogens (tertiary/aromatic N) is 2. The first-order valence-electron chi connectivity index (χ1n) is 11.0. The van der Waals surface area contributed by atoms with Gasteiger partial charge in [-0.2, -0.15) is 0 Å². The molecule has 0 radical (unpaired) electrons. The average molecular weight is 464 g/mol. The molecule has 1 amide bonds. The first-order chi connectivity index (χ1) is 15.8. The molecule has 4 rings (SSSR count). The Labute approximate surface area is 195 Å². The molecule has 1 N–H and O–H groups in total. The van der Waals surface area contributed by atoms with Gasteiger partial charge in [0.25, 0.3) is 5.91 Å². The van der Waals surface area contributed by atoms with Crippen LogP contribution in [0.5, 0.6) is 0 Å². The lowest BCUT2D eigenvalue weighted by Crippen LogP contribution is -2.50. The fraction of sp³-hybridized carbons (Fsp3) is 0.269. The van der Waals surface area contributed by atoms with Gasteiger partial charge < -0.3 is 4.90 Å². The van der Waals surface area contributed by atoms with Gasteiger partial charge in [0.05, 0.1) is 18.0 Å². The molecule has 0 unspecified atom stereocenters. The zero-order chi connectivity index (χ0) is 23.4. The molecule has 0 saturated carbocycles. The second kappa shape index (κ2) is 9.77. The number of benzene rings is 3. The quantitative estimate of drug-likeness (QED) is 0.602. The lowest BCUT2D eigenvalue weighted by atomic mass is 9.96. The third kappa shape index (κ3) is 5.43. The van der Waals surface area contributed by atoms with Crippen LogP contribution in [0.2, 0.25) is 0 Å². The Balaban J connectivity index is 1.51. The SMILES string of the molecule is Cc1c(NS(C)(=O)=O)cccc1C(=O)N1CCN(C(c2ccccc2)c2ccccc2)CC1. The van der Waals surface area contributed by atoms with E-state index >= 15 is 0 Å². The molecule has 172 valence electrons. The molecule has 1 saturated heterocycles. The van der Waals surface area contributed by atoms with E-state index in [4.69, 9.17) is 0 Å². The summed E-state index contributed by atoms with van der Waals surface area (Å²) in [5, 5.41) is 0. The molecule has 7 heteroatoms. The van der Waals surface area contributed by atoms with Gasteiger partial charge in [0, 0.05) is 31.7 Å². The number of anilines is 1. The highest BCUT2D eigenvalue weighted by Gasteiger charge is 2.29. The molecule has 3 aromatic carbocycles. The monoisotopic (exact) mass is 463 g/mol. The van der Waals surface area contributed by atoms with Crippen molar-refractivity contribution in [2.75, 3.05) is 37.2 Å². The smallest absolute Gasteiger partial charge is 0.254 e. The molecule has 1 aliphatic rings. The summed E-state index contributed by atoms with van der Waals surface area (Å²) in [6, 6.07) is 26.2. The standard InChI is InChI=1S/C26H29N3O3S/c1-20-23(14-9-15-24(20)27-33(2,31)32)26(30)29-18-16-28(17-19-29)25(21-10-5-3-6-11-21)22-12-7-4-8-13-22/h3-15,25,27H,16-19H2,1-2H3. The summed E-state index contributed by atoms with van der Waals surface area (Å²) < 4.78 is 25.8. The molecule has 3 aromatic rings. The van der Waals surface area contributed by atoms with Crippen LogP contribution >= 0.6 is 0 Å². The van der Waals surface area contributed by atoms with E-state index in [-0.39, 0.29) is 11.9 Å². The number of amides is 1. The highest BCUT2D eigenvalue weighted by molar-refractivity contribution is 7.92. The summed E-state index contributed by atoms with van der Waals surface area (Å²) in [7, 11) is -3.42. The first kappa shape index (κ1) is 23.0. The van der Waals surface area contributed by atoms with Crippen LogP contribution in [-0.2, 0) is 10.0 Å². The van der Waals surface area contributed by atoms with Crippen molar-refractivity contribution in [1.82, 2.24) is 9.80 Å². The van der Waals surface area contributed by atoms with E-state index in [9.17, 15) is 13.2 Å². The maximum absolute atomic E-state index is 13.3. The summed E-state index contributed by atoms with van der Waals surface area (Å²) in [4.78, 5) is 17.6. The van der Waals surface area contributed by atoms with Gasteiger partial charge in [0.2, 0.25) is 10.0 Å². The summed E-state index contributed by atoms with van der Waals surface area (Å²) in [6.07, 6.45) is 1.11. The van der Waals surface area contributed by atoms with E-state index in [2.05, 4.69) is 58.2 Å². The molecule has 6 nitrogen and oxygen atoms in total. The number of hydrogen-bond donors (Lipinski definition) is 1. The van der Waals surface area contributed by atoms with Crippen molar-refractivity contribution in [2.24, 2.45) is 0 Å². The summed E-state index contributed by atoms with van der Waals surface area (Å²) in [6.45, 7) is 4.50. The second-order valence-electron chi connectivity index (χ2n) is 8.40. The molecule has 0 spiro atoms. The van der Waals surface area contributed by atoms with E-state index in [1.54, 1.807) is 25.1 Å². The molecule has 0 aliphatic carbocycles. The number of hydrogen-bond acceptors (Lipinski definition) is 4. The topological polar surface area (TPSA) is 69.7 Å². The van der Waals surface area contributed by atoms with E-state index in [1.165, 1.54) is 11.1 Å². The van der Waals surface area contributed by atoms with E-state index < -0.39 is 10.0 Å². The fourth-order valence-corrected chi connectivity index (χ4v) is 5.04. The number of piperazine rings is 1. The molecule has 33 heavy (non-hydrogen) atoms. The Bertz CT molecular complexity index is 1170. The minimum Gasteiger partial charge on any atom is -0.336 e. The van der Waals surface area contributed by atoms with Crippen molar-refractivity contribution in [3.8, 4) is 0 Å². The Morgan fingerprint density at radius 1 is 0.818 bits per heavy atom. The van der Waals surface area contributed by atoms with Crippen LogP contribution in [0.3, 0.4) is 0 Å². The van der Waals surface area contributed by atoms with Crippen molar-refractivity contribution < 1.29 is 13.2 Å². The van der Waals surface area contributed by atoms with E-state index in [0.717, 1.165) is 19.3 Å². The Hall–Kier alpha value is -3.16. The summed E-state index contributed by atoms with van der Waals surface area (Å²) in [5.41, 5.74) is 4.08. The summed E-state index contributed by atoms with van der Waals surface area (Å²) >= 11 is 0. The Kier molecular flexibility index (Phi) is 6.81. The van der Waals surface area contributed by atoms with Gasteiger partial charge in [0.1, 0.15) is 0 Å². The lowest BCUT2D eigenvalue weighted by molar-refractivity contribution is 0.0596. The maximum Gasteiger partial charge on any atom is 0.254 e. The van der Waals surface area contributed by atoms with Gasteiger partial charge >= 0.3 is 0 Å². The summed E-state index contributed by atoms with van der Waals surface area (Å²) in [5.74, 6) is -0.0692. The van der Waals surface area contributed by atoms with Crippen LogP contribution in [-0.4, -0.2) is 56.6 Å². The van der Waals surface area contributed by atoms with Crippen molar-refractivity contribution >= 4 is 21.6 Å². The minimum absolute atomic E-state index is 0.0692. The lowest BCUT2D eigenvalue weighted by Gasteiger charge is -2.40. The van der Waals surface area contributed by atoms with Crippen LogP contribution in [0.4, 0.5) is 5.69 Å². The zero-order valence-corrected chi connectivity index (χ0v) is 19.8. The first-order valence-corrected chi connectivity index (χ1v) is 12.9. The highest BCUT2D eigenvalue weighted by Crippen LogP contribution is 2.30. The zero-order valence-electron chi connectivity index (χ0n) is 18.9. The largest absolute Gasteiger partial charge is 0.336 e. The van der Waals surface area contributed by atoms with Crippen molar-refractivity contribution in [2.45, 2.75) is 13.0 Å². The van der Waals surface area contributed by atoms with Crippen molar-refractivity contribution in [3.05, 3.63) is 101 Å². The van der Waals surface area contributed by atoms with Crippen LogP contribution in [0.15, 0.2) is 78.9 Å². The van der Waals surface area contributed by atoms with Crippen LogP contribution in [0, 0.1) is 6.92 Å². The van der Waals surface area contributed by atoms with Gasteiger partial charge in [-0.3, -0.25) is 14.4 Å². The predicted octanol–water partition coefficient (Wildman–Crippen LogP) is 3.91. The second-order valence-corrected chi connectivity index (χ2v) is 10.2. The highest BCUT2D eigenvalue weighted by atomic mass is 32.2. The Morgan fingerprint density at radius 3 is 1.88 bits per heavy atom. The van der Waals surface area contributed by atoms with Gasteiger partial charge in [-0.05, 0) is 35.7 Å². The van der Waals surface area contributed by atoms with Crippen LogP contribution in [0.1, 0.15) is 33.1 Å². The minimum atomic E-state index is -3.42. The fourth-order valence-electron chi connectivity index (χ4n) is 4.42. The molecule has 0 atom stereocenters. The third-order valence-electron chi connectivity index (χ3n) is 6.06. The predicted molar refractivity (Wildman–Crippen MR) is 132 cm³/mol. The van der Waals surface area contributed by atoms with E-state index in [0.29, 0.717) is 29.9 Å². The molecule has 1 aliphatic heterocycles. The van der Waals surface area contributed by atoms with E-state index in [1.807, 2.05) is 17.0 Å². The number of rotatable bonds is 6. The normalized spacial score (nSPS) is 14.9. The van der Waals surface area contributed by atoms with Gasteiger partial charge in [-0.1, -0.05) is 66.7 Å². The average Bonchev–Trinajstić information content (AvgIpc) is 2.81. The van der Waals surface area contributed by atoms with Gasteiger partial charge in [-0.15, -0.1) is 0 Å². The molecule has 1 fully saturated rings. The van der Waals surface area contributed by atoms with Crippen LogP contribution in [0.25, 0.3) is 0 Å². The molecule has 0 aromatic heterocycles. The molecular weight excluding hydrogens is 434 g/mol. The molecule has 1 heterocycles. The van der Waals surface area contributed by atoms with Crippen molar-refractivity contribution in [1.29, 1.82) is 0 Å². The number of sulfonamides is 1. The van der Waals surface area contributed by atoms with Gasteiger partial charge in [0.15, 0.2) is 0 Å². The van der Waals surface area contributed by atoms with Crippen LogP contribution < -0.4 is 4.72 Å². The van der Waals surface area contributed by atoms with Crippen molar-refractivity contribution in [3.63, 3.8) is 0 Å². The Morgan fingerprint density at radius 2 is 1.36 bits per heavy atom. The molecule has 0 bridgehead atoms. The maximum atomic E-state index is 13.3. The number of nitrogens with one attached hydrogen (secondary N) is 1. The molecular formula is C26H29N3O3S. The number of carbonyl (C=O) groups excluding carboxylic acids is 1. The third-order valence-corrected chi connectivity index (χ3v) is 6.65.